The first-order chi connectivity index (χ1) is 6.33. The Kier molecular flexibility index (Phi) is 5.63. The average Bonchev–Trinajstić information content (AvgIpc) is 2.02. The smallest absolute Gasteiger partial charge is 0.147 e. The lowest BCUT2D eigenvalue weighted by Gasteiger charge is -2.26. The molecule has 0 aromatic carbocycles. The number of ether oxygens (including phenoxy) is 1. The minimum absolute atomic E-state index is 0.204. The number of rotatable bonds is 7. The minimum Gasteiger partial charge on any atom is -0.383 e. The van der Waals surface area contributed by atoms with Gasteiger partial charge >= 0.3 is 0 Å². The molecule has 0 rings (SSSR count). The molecule has 5 heteroatoms. The highest BCUT2D eigenvalue weighted by atomic mass is 32.2. The van der Waals surface area contributed by atoms with E-state index < -0.39 is 9.84 Å². The Hall–Kier alpha value is -0.130. The maximum absolute atomic E-state index is 10.9. The van der Waals surface area contributed by atoms with Crippen LogP contribution in [0.2, 0.25) is 0 Å². The van der Waals surface area contributed by atoms with Crippen LogP contribution in [0.15, 0.2) is 0 Å². The molecule has 0 bridgehead atoms. The standard InChI is InChI=1S/C9H21NO3S/c1-4-9(10,8-13-2)6-5-7-14(3,11)12/h4-8,10H2,1-3H3. The molecule has 0 heterocycles. The lowest BCUT2D eigenvalue weighted by atomic mass is 9.93. The van der Waals surface area contributed by atoms with Gasteiger partial charge in [-0.15, -0.1) is 0 Å². The zero-order valence-corrected chi connectivity index (χ0v) is 10.1. The first kappa shape index (κ1) is 13.9. The monoisotopic (exact) mass is 223 g/mol. The molecule has 0 radical (unpaired) electrons. The third kappa shape index (κ3) is 6.34. The molecule has 0 fully saturated rings. The van der Waals surface area contributed by atoms with Gasteiger partial charge in [0.2, 0.25) is 0 Å². The lowest BCUT2D eigenvalue weighted by Crippen LogP contribution is -2.43. The van der Waals surface area contributed by atoms with Crippen LogP contribution in [-0.4, -0.2) is 39.7 Å². The molecular formula is C9H21NO3S. The Morgan fingerprint density at radius 2 is 2.00 bits per heavy atom. The van der Waals surface area contributed by atoms with Crippen LogP contribution in [0.5, 0.6) is 0 Å². The van der Waals surface area contributed by atoms with Crippen molar-refractivity contribution in [3.05, 3.63) is 0 Å². The van der Waals surface area contributed by atoms with Crippen LogP contribution in [0.1, 0.15) is 26.2 Å². The summed E-state index contributed by atoms with van der Waals surface area (Å²) in [5, 5.41) is 0. The van der Waals surface area contributed by atoms with Gasteiger partial charge in [-0.05, 0) is 19.3 Å². The van der Waals surface area contributed by atoms with Crippen molar-refractivity contribution in [1.82, 2.24) is 0 Å². The van der Waals surface area contributed by atoms with E-state index in [1.54, 1.807) is 7.11 Å². The van der Waals surface area contributed by atoms with Crippen molar-refractivity contribution >= 4 is 9.84 Å². The largest absolute Gasteiger partial charge is 0.383 e. The van der Waals surface area contributed by atoms with Gasteiger partial charge in [0.15, 0.2) is 0 Å². The molecule has 0 aromatic heterocycles. The summed E-state index contributed by atoms with van der Waals surface area (Å²) < 4.78 is 26.8. The van der Waals surface area contributed by atoms with Crippen LogP contribution in [0, 0.1) is 0 Å². The summed E-state index contributed by atoms with van der Waals surface area (Å²) >= 11 is 0. The highest BCUT2D eigenvalue weighted by Crippen LogP contribution is 2.14. The van der Waals surface area contributed by atoms with Crippen molar-refractivity contribution in [3.63, 3.8) is 0 Å². The van der Waals surface area contributed by atoms with E-state index in [1.807, 2.05) is 6.92 Å². The van der Waals surface area contributed by atoms with E-state index in [0.717, 1.165) is 6.42 Å². The second-order valence-electron chi connectivity index (χ2n) is 3.88. The van der Waals surface area contributed by atoms with Crippen molar-refractivity contribution in [1.29, 1.82) is 0 Å². The van der Waals surface area contributed by atoms with E-state index in [4.69, 9.17) is 10.5 Å². The zero-order chi connectivity index (χ0) is 11.2. The molecule has 0 spiro atoms. The molecule has 0 saturated heterocycles. The van der Waals surface area contributed by atoms with Gasteiger partial charge in [-0.25, -0.2) is 8.42 Å². The zero-order valence-electron chi connectivity index (χ0n) is 9.25. The van der Waals surface area contributed by atoms with Gasteiger partial charge in [0, 0.05) is 24.7 Å². The predicted octanol–water partition coefficient (Wildman–Crippen LogP) is 0.565. The Morgan fingerprint density at radius 3 is 2.36 bits per heavy atom. The van der Waals surface area contributed by atoms with Gasteiger partial charge < -0.3 is 10.5 Å². The number of hydrogen-bond acceptors (Lipinski definition) is 4. The molecule has 14 heavy (non-hydrogen) atoms. The second kappa shape index (κ2) is 5.68. The Labute approximate surface area is 86.7 Å². The summed E-state index contributed by atoms with van der Waals surface area (Å²) in [5.74, 6) is 0.204. The minimum atomic E-state index is -2.87. The molecular weight excluding hydrogens is 202 g/mol. The van der Waals surface area contributed by atoms with Crippen LogP contribution in [-0.2, 0) is 14.6 Å². The van der Waals surface area contributed by atoms with Crippen LogP contribution in [0.25, 0.3) is 0 Å². The fourth-order valence-corrected chi connectivity index (χ4v) is 1.99. The molecule has 0 aliphatic rings. The summed E-state index contributed by atoms with van der Waals surface area (Å²) in [7, 11) is -1.26. The van der Waals surface area contributed by atoms with Crippen LogP contribution in [0.4, 0.5) is 0 Å². The first-order valence-electron chi connectivity index (χ1n) is 4.78. The molecule has 86 valence electrons. The molecule has 0 saturated carbocycles. The van der Waals surface area contributed by atoms with Crippen molar-refractivity contribution in [2.45, 2.75) is 31.7 Å². The molecule has 1 atom stereocenters. The molecule has 0 aromatic rings. The van der Waals surface area contributed by atoms with Crippen molar-refractivity contribution in [2.24, 2.45) is 5.73 Å². The average molecular weight is 223 g/mol. The Morgan fingerprint density at radius 1 is 1.43 bits per heavy atom. The van der Waals surface area contributed by atoms with E-state index >= 15 is 0 Å². The number of sulfone groups is 1. The number of methoxy groups -OCH3 is 1. The van der Waals surface area contributed by atoms with E-state index in [1.165, 1.54) is 6.26 Å². The van der Waals surface area contributed by atoms with Crippen molar-refractivity contribution in [3.8, 4) is 0 Å². The predicted molar refractivity (Wildman–Crippen MR) is 58.0 cm³/mol. The van der Waals surface area contributed by atoms with E-state index in [2.05, 4.69) is 0 Å². The van der Waals surface area contributed by atoms with Gasteiger partial charge in [-0.2, -0.15) is 0 Å². The SMILES string of the molecule is CCC(N)(CCCS(C)(=O)=O)COC. The quantitative estimate of drug-likeness (QED) is 0.685. The van der Waals surface area contributed by atoms with E-state index in [9.17, 15) is 8.42 Å². The molecule has 0 aliphatic carbocycles. The Balaban J connectivity index is 3.96. The topological polar surface area (TPSA) is 69.4 Å². The summed E-state index contributed by atoms with van der Waals surface area (Å²) in [5.41, 5.74) is 5.64. The van der Waals surface area contributed by atoms with E-state index in [0.29, 0.717) is 19.4 Å². The second-order valence-corrected chi connectivity index (χ2v) is 6.14. The lowest BCUT2D eigenvalue weighted by molar-refractivity contribution is 0.124. The number of nitrogens with two attached hydrogens (primary N) is 1. The number of hydrogen-bond donors (Lipinski definition) is 1. The van der Waals surface area contributed by atoms with Crippen LogP contribution in [0.3, 0.4) is 0 Å². The maximum Gasteiger partial charge on any atom is 0.147 e. The molecule has 4 nitrogen and oxygen atoms in total. The normalized spacial score (nSPS) is 16.6. The van der Waals surface area contributed by atoms with Crippen LogP contribution < -0.4 is 5.73 Å². The van der Waals surface area contributed by atoms with Gasteiger partial charge in [0.25, 0.3) is 0 Å². The molecule has 0 aliphatic heterocycles. The van der Waals surface area contributed by atoms with Crippen LogP contribution >= 0.6 is 0 Å². The van der Waals surface area contributed by atoms with Gasteiger partial charge in [-0.1, -0.05) is 6.92 Å². The fourth-order valence-electron chi connectivity index (χ4n) is 1.32. The summed E-state index contributed by atoms with van der Waals surface area (Å²) in [4.78, 5) is 0. The highest BCUT2D eigenvalue weighted by Gasteiger charge is 2.22. The summed E-state index contributed by atoms with van der Waals surface area (Å²) in [6, 6.07) is 0. The molecule has 1 unspecified atom stereocenters. The van der Waals surface area contributed by atoms with Crippen molar-refractivity contribution < 1.29 is 13.2 Å². The molecule has 2 N–H and O–H groups in total. The molecule has 0 amide bonds. The highest BCUT2D eigenvalue weighted by molar-refractivity contribution is 7.90. The summed E-state index contributed by atoms with van der Waals surface area (Å²) in [6.45, 7) is 2.47. The van der Waals surface area contributed by atoms with Gasteiger partial charge in [-0.3, -0.25) is 0 Å². The van der Waals surface area contributed by atoms with Crippen molar-refractivity contribution in [2.75, 3.05) is 25.7 Å². The Bertz CT molecular complexity index is 251. The third-order valence-corrected chi connectivity index (χ3v) is 3.36. The maximum atomic E-state index is 10.9. The van der Waals surface area contributed by atoms with Gasteiger partial charge in [0.05, 0.1) is 6.61 Å². The van der Waals surface area contributed by atoms with E-state index in [-0.39, 0.29) is 11.3 Å². The third-order valence-electron chi connectivity index (χ3n) is 2.33. The van der Waals surface area contributed by atoms with Gasteiger partial charge in [0.1, 0.15) is 9.84 Å². The fraction of sp³-hybridized carbons (Fsp3) is 1.00. The first-order valence-corrected chi connectivity index (χ1v) is 6.84. The summed E-state index contributed by atoms with van der Waals surface area (Å²) in [6.07, 6.45) is 3.33.